The number of ether oxygens (including phenoxy) is 2. The van der Waals surface area contributed by atoms with Crippen molar-refractivity contribution in [1.29, 1.82) is 0 Å². The van der Waals surface area contributed by atoms with Crippen LogP contribution in [0.1, 0.15) is 20.8 Å². The van der Waals surface area contributed by atoms with E-state index in [2.05, 4.69) is 20.6 Å². The number of carbonyl (C=O) groups is 1. The molecule has 0 radical (unpaired) electrons. The van der Waals surface area contributed by atoms with E-state index >= 15 is 0 Å². The zero-order chi connectivity index (χ0) is 20.6. The number of anilines is 1. The fourth-order valence-electron chi connectivity index (χ4n) is 3.53. The molecule has 2 saturated heterocycles. The van der Waals surface area contributed by atoms with E-state index in [-0.39, 0.29) is 36.0 Å². The van der Waals surface area contributed by atoms with Crippen LogP contribution < -0.4 is 10.6 Å². The van der Waals surface area contributed by atoms with Crippen LogP contribution in [0.15, 0.2) is 36.5 Å². The number of halogens is 1. The van der Waals surface area contributed by atoms with Gasteiger partial charge in [0, 0.05) is 17.2 Å². The Bertz CT molecular complexity index is 901. The quantitative estimate of drug-likeness (QED) is 0.820. The lowest BCUT2D eigenvalue weighted by atomic mass is 9.94. The van der Waals surface area contributed by atoms with E-state index in [0.717, 1.165) is 0 Å². The van der Waals surface area contributed by atoms with Gasteiger partial charge in [-0.25, -0.2) is 14.4 Å². The Kier molecular flexibility index (Phi) is 5.23. The molecular weight excluding hydrogens is 375 g/mol. The molecule has 1 amide bonds. The molecule has 2 fully saturated rings. The van der Waals surface area contributed by atoms with Gasteiger partial charge in [-0.3, -0.25) is 4.79 Å². The van der Waals surface area contributed by atoms with Crippen molar-refractivity contribution in [3.05, 3.63) is 42.3 Å². The number of rotatable bonds is 4. The van der Waals surface area contributed by atoms with Gasteiger partial charge in [0.1, 0.15) is 18.0 Å². The zero-order valence-corrected chi connectivity index (χ0v) is 16.7. The summed E-state index contributed by atoms with van der Waals surface area (Å²) in [6, 6.07) is 7.69. The number of amides is 1. The molecule has 7 nitrogen and oxygen atoms in total. The van der Waals surface area contributed by atoms with Gasteiger partial charge in [0.25, 0.3) is 0 Å². The van der Waals surface area contributed by atoms with Gasteiger partial charge in [0.05, 0.1) is 31.0 Å². The summed E-state index contributed by atoms with van der Waals surface area (Å²) in [5.41, 5.74) is 0.831. The standard InChI is InChI=1S/C21H25FN4O3/c1-21(2,3)19(27)24-15-10-28-18-16(11-29-17(15)18)26-20-23-8-7-14(25-20)12-5-4-6-13(22)9-12/h4-9,15-18H,10-11H2,1-3H3,(H,24,27)(H,23,25,26)/t15-,16-,17+,18+/m0/s1. The summed E-state index contributed by atoms with van der Waals surface area (Å²) in [7, 11) is 0. The maximum absolute atomic E-state index is 13.5. The van der Waals surface area contributed by atoms with E-state index in [4.69, 9.17) is 9.47 Å². The smallest absolute Gasteiger partial charge is 0.225 e. The highest BCUT2D eigenvalue weighted by atomic mass is 19.1. The fraction of sp³-hybridized carbons (Fsp3) is 0.476. The molecule has 2 aromatic rings. The first-order valence-electron chi connectivity index (χ1n) is 9.71. The molecule has 1 aromatic carbocycles. The van der Waals surface area contributed by atoms with Crippen LogP contribution in [-0.2, 0) is 14.3 Å². The van der Waals surface area contributed by atoms with Crippen molar-refractivity contribution in [3.63, 3.8) is 0 Å². The Morgan fingerprint density at radius 2 is 1.86 bits per heavy atom. The average molecular weight is 400 g/mol. The molecular formula is C21H25FN4O3. The van der Waals surface area contributed by atoms with E-state index < -0.39 is 5.41 Å². The first-order valence-corrected chi connectivity index (χ1v) is 9.71. The lowest BCUT2D eigenvalue weighted by Gasteiger charge is -2.23. The highest BCUT2D eigenvalue weighted by molar-refractivity contribution is 5.81. The van der Waals surface area contributed by atoms with E-state index in [1.165, 1.54) is 12.1 Å². The number of nitrogens with one attached hydrogen (secondary N) is 2. The summed E-state index contributed by atoms with van der Waals surface area (Å²) in [4.78, 5) is 21.1. The minimum Gasteiger partial charge on any atom is -0.371 e. The van der Waals surface area contributed by atoms with Gasteiger partial charge in [0.2, 0.25) is 11.9 Å². The van der Waals surface area contributed by atoms with Crippen LogP contribution in [0.3, 0.4) is 0 Å². The number of benzene rings is 1. The second kappa shape index (κ2) is 7.68. The van der Waals surface area contributed by atoms with Crippen molar-refractivity contribution in [1.82, 2.24) is 15.3 Å². The first-order chi connectivity index (χ1) is 13.8. The van der Waals surface area contributed by atoms with Crippen molar-refractivity contribution in [2.45, 2.75) is 45.1 Å². The average Bonchev–Trinajstić information content (AvgIpc) is 3.25. The Hall–Kier alpha value is -2.58. The van der Waals surface area contributed by atoms with Crippen LogP contribution in [0.5, 0.6) is 0 Å². The number of aromatic nitrogens is 2. The van der Waals surface area contributed by atoms with Crippen LogP contribution in [-0.4, -0.2) is 53.4 Å². The SMILES string of the molecule is CC(C)(C)C(=O)N[C@H]1CO[C@H]2[C@@H]1OC[C@@H]2Nc1nccc(-c2cccc(F)c2)n1. The molecule has 29 heavy (non-hydrogen) atoms. The maximum atomic E-state index is 13.5. The van der Waals surface area contributed by atoms with Crippen LogP contribution in [0.25, 0.3) is 11.3 Å². The minimum absolute atomic E-state index is 0.0297. The van der Waals surface area contributed by atoms with Gasteiger partial charge < -0.3 is 20.1 Å². The van der Waals surface area contributed by atoms with Gasteiger partial charge in [-0.2, -0.15) is 0 Å². The van der Waals surface area contributed by atoms with Gasteiger partial charge in [-0.15, -0.1) is 0 Å². The fourth-order valence-corrected chi connectivity index (χ4v) is 3.53. The van der Waals surface area contributed by atoms with Crippen LogP contribution >= 0.6 is 0 Å². The third-order valence-corrected chi connectivity index (χ3v) is 5.14. The second-order valence-electron chi connectivity index (χ2n) is 8.45. The molecule has 2 N–H and O–H groups in total. The van der Waals surface area contributed by atoms with Crippen molar-refractivity contribution in [3.8, 4) is 11.3 Å². The molecule has 0 bridgehead atoms. The molecule has 154 valence electrons. The molecule has 0 unspecified atom stereocenters. The van der Waals surface area contributed by atoms with Gasteiger partial charge in [-0.05, 0) is 18.2 Å². The van der Waals surface area contributed by atoms with E-state index in [9.17, 15) is 9.18 Å². The highest BCUT2D eigenvalue weighted by Crippen LogP contribution is 2.29. The van der Waals surface area contributed by atoms with Crippen LogP contribution in [0, 0.1) is 11.2 Å². The van der Waals surface area contributed by atoms with E-state index in [1.54, 1.807) is 24.4 Å². The third kappa shape index (κ3) is 4.23. The molecule has 3 heterocycles. The molecule has 1 aromatic heterocycles. The van der Waals surface area contributed by atoms with Crippen LogP contribution in [0.2, 0.25) is 0 Å². The molecule has 2 aliphatic rings. The Morgan fingerprint density at radius 3 is 2.59 bits per heavy atom. The van der Waals surface area contributed by atoms with Crippen molar-refractivity contribution in [2.24, 2.45) is 5.41 Å². The summed E-state index contributed by atoms with van der Waals surface area (Å²) in [5, 5.41) is 6.29. The predicted molar refractivity (Wildman–Crippen MR) is 106 cm³/mol. The summed E-state index contributed by atoms with van der Waals surface area (Å²) in [6.07, 6.45) is 1.21. The Balaban J connectivity index is 1.43. The highest BCUT2D eigenvalue weighted by Gasteiger charge is 2.48. The molecule has 0 saturated carbocycles. The second-order valence-corrected chi connectivity index (χ2v) is 8.45. The van der Waals surface area contributed by atoms with Gasteiger partial charge in [-0.1, -0.05) is 32.9 Å². The van der Waals surface area contributed by atoms with Crippen molar-refractivity contribution in [2.75, 3.05) is 18.5 Å². The van der Waals surface area contributed by atoms with Crippen molar-refractivity contribution >= 4 is 11.9 Å². The first kappa shape index (κ1) is 19.7. The number of hydrogen-bond acceptors (Lipinski definition) is 6. The molecule has 4 rings (SSSR count). The Labute approximate surface area is 169 Å². The predicted octanol–water partition coefficient (Wildman–Crippen LogP) is 2.39. The van der Waals surface area contributed by atoms with Gasteiger partial charge in [0.15, 0.2) is 0 Å². The third-order valence-electron chi connectivity index (χ3n) is 5.14. The maximum Gasteiger partial charge on any atom is 0.225 e. The molecule has 0 spiro atoms. The lowest BCUT2D eigenvalue weighted by molar-refractivity contribution is -0.129. The number of nitrogens with zero attached hydrogens (tertiary/aromatic N) is 2. The summed E-state index contributed by atoms with van der Waals surface area (Å²) in [6.45, 7) is 6.44. The van der Waals surface area contributed by atoms with E-state index in [1.807, 2.05) is 20.8 Å². The minimum atomic E-state index is -0.473. The molecule has 8 heteroatoms. The topological polar surface area (TPSA) is 85.4 Å². The summed E-state index contributed by atoms with van der Waals surface area (Å²) >= 11 is 0. The molecule has 4 atom stereocenters. The van der Waals surface area contributed by atoms with E-state index in [0.29, 0.717) is 30.4 Å². The largest absolute Gasteiger partial charge is 0.371 e. The summed E-state index contributed by atoms with van der Waals surface area (Å²) in [5.74, 6) is 0.0787. The van der Waals surface area contributed by atoms with Gasteiger partial charge >= 0.3 is 0 Å². The number of hydrogen-bond donors (Lipinski definition) is 2. The summed E-state index contributed by atoms with van der Waals surface area (Å²) < 4.78 is 25.3. The van der Waals surface area contributed by atoms with Crippen molar-refractivity contribution < 1.29 is 18.7 Å². The number of fused-ring (bicyclic) bond motifs is 1. The Morgan fingerprint density at radius 1 is 1.14 bits per heavy atom. The normalized spacial score (nSPS) is 26.2. The number of carbonyl (C=O) groups excluding carboxylic acids is 1. The molecule has 2 aliphatic heterocycles. The zero-order valence-electron chi connectivity index (χ0n) is 16.7. The molecule has 0 aliphatic carbocycles. The lowest BCUT2D eigenvalue weighted by Crippen LogP contribution is -2.48. The monoisotopic (exact) mass is 400 g/mol. The van der Waals surface area contributed by atoms with Crippen LogP contribution in [0.4, 0.5) is 10.3 Å².